The Morgan fingerprint density at radius 2 is 1.57 bits per heavy atom. The Bertz CT molecular complexity index is 809. The van der Waals surface area contributed by atoms with Gasteiger partial charge in [-0.25, -0.2) is 0 Å². The standard InChI is InChI=1S/C20H17ClN2/c1-15-7-12-19(13-20(15)21)23-22-14-16-8-10-18(11-9-16)17-5-3-2-4-6-17/h2-14,23H,1H3/b22-14-. The molecule has 0 aliphatic heterocycles. The molecule has 0 aliphatic carbocycles. The number of hydrazone groups is 1. The fourth-order valence-electron chi connectivity index (χ4n) is 2.24. The first-order valence-electron chi connectivity index (χ1n) is 7.43. The van der Waals surface area contributed by atoms with E-state index in [0.29, 0.717) is 0 Å². The summed E-state index contributed by atoms with van der Waals surface area (Å²) in [5, 5.41) is 4.99. The summed E-state index contributed by atoms with van der Waals surface area (Å²) in [6.07, 6.45) is 1.79. The molecule has 0 aliphatic rings. The summed E-state index contributed by atoms with van der Waals surface area (Å²) >= 11 is 6.09. The predicted molar refractivity (Wildman–Crippen MR) is 99.3 cm³/mol. The lowest BCUT2D eigenvalue weighted by atomic mass is 10.0. The van der Waals surface area contributed by atoms with Crippen molar-refractivity contribution in [1.29, 1.82) is 0 Å². The van der Waals surface area contributed by atoms with Gasteiger partial charge in [-0.15, -0.1) is 0 Å². The number of halogens is 1. The molecule has 114 valence electrons. The van der Waals surface area contributed by atoms with Crippen LogP contribution in [-0.2, 0) is 0 Å². The van der Waals surface area contributed by atoms with Gasteiger partial charge in [-0.2, -0.15) is 5.10 Å². The van der Waals surface area contributed by atoms with Crippen LogP contribution < -0.4 is 5.43 Å². The molecule has 0 saturated carbocycles. The first-order chi connectivity index (χ1) is 11.2. The molecule has 0 aromatic heterocycles. The SMILES string of the molecule is Cc1ccc(N/N=C\c2ccc(-c3ccccc3)cc2)cc1Cl. The van der Waals surface area contributed by atoms with Crippen LogP contribution in [0.4, 0.5) is 5.69 Å². The number of nitrogens with zero attached hydrogens (tertiary/aromatic N) is 1. The van der Waals surface area contributed by atoms with Crippen LogP contribution in [0.3, 0.4) is 0 Å². The topological polar surface area (TPSA) is 24.4 Å². The predicted octanol–water partition coefficient (Wildman–Crippen LogP) is 5.76. The summed E-state index contributed by atoms with van der Waals surface area (Å²) < 4.78 is 0. The second-order valence-electron chi connectivity index (χ2n) is 5.32. The van der Waals surface area contributed by atoms with E-state index in [-0.39, 0.29) is 0 Å². The third kappa shape index (κ3) is 3.99. The molecular weight excluding hydrogens is 304 g/mol. The zero-order valence-corrected chi connectivity index (χ0v) is 13.6. The zero-order chi connectivity index (χ0) is 16.1. The fourth-order valence-corrected chi connectivity index (χ4v) is 2.42. The van der Waals surface area contributed by atoms with E-state index in [2.05, 4.69) is 46.9 Å². The third-order valence-corrected chi connectivity index (χ3v) is 4.00. The summed E-state index contributed by atoms with van der Waals surface area (Å²) in [4.78, 5) is 0. The van der Waals surface area contributed by atoms with Crippen molar-refractivity contribution < 1.29 is 0 Å². The highest BCUT2D eigenvalue weighted by atomic mass is 35.5. The molecule has 0 radical (unpaired) electrons. The average molecular weight is 321 g/mol. The molecule has 0 fully saturated rings. The number of nitrogens with one attached hydrogen (secondary N) is 1. The molecule has 0 amide bonds. The number of benzene rings is 3. The van der Waals surface area contributed by atoms with Crippen LogP contribution in [0.15, 0.2) is 77.9 Å². The maximum absolute atomic E-state index is 6.09. The summed E-state index contributed by atoms with van der Waals surface area (Å²) in [5.41, 5.74) is 8.36. The molecular formula is C20H17ClN2. The molecule has 0 unspecified atom stereocenters. The summed E-state index contributed by atoms with van der Waals surface area (Å²) in [5.74, 6) is 0. The Morgan fingerprint density at radius 1 is 0.870 bits per heavy atom. The van der Waals surface area contributed by atoms with Crippen LogP contribution in [0.5, 0.6) is 0 Å². The van der Waals surface area contributed by atoms with Gasteiger partial charge in [0, 0.05) is 5.02 Å². The van der Waals surface area contributed by atoms with Crippen molar-refractivity contribution in [2.45, 2.75) is 6.92 Å². The molecule has 3 aromatic carbocycles. The lowest BCUT2D eigenvalue weighted by Gasteiger charge is -2.03. The minimum absolute atomic E-state index is 0.734. The van der Waals surface area contributed by atoms with Gasteiger partial charge in [-0.05, 0) is 41.3 Å². The van der Waals surface area contributed by atoms with E-state index < -0.39 is 0 Å². The fraction of sp³-hybridized carbons (Fsp3) is 0.0500. The molecule has 0 heterocycles. The van der Waals surface area contributed by atoms with E-state index in [9.17, 15) is 0 Å². The molecule has 1 N–H and O–H groups in total. The second kappa shape index (κ2) is 7.12. The van der Waals surface area contributed by atoms with Gasteiger partial charge >= 0.3 is 0 Å². The molecule has 2 nitrogen and oxygen atoms in total. The summed E-state index contributed by atoms with van der Waals surface area (Å²) in [6, 6.07) is 24.4. The molecule has 23 heavy (non-hydrogen) atoms. The minimum Gasteiger partial charge on any atom is -0.278 e. The van der Waals surface area contributed by atoms with Crippen molar-refractivity contribution in [2.75, 3.05) is 5.43 Å². The van der Waals surface area contributed by atoms with Gasteiger partial charge < -0.3 is 0 Å². The molecule has 3 aromatic rings. The largest absolute Gasteiger partial charge is 0.278 e. The van der Waals surface area contributed by atoms with Crippen molar-refractivity contribution >= 4 is 23.5 Å². The smallest absolute Gasteiger partial charge is 0.0576 e. The van der Waals surface area contributed by atoms with E-state index >= 15 is 0 Å². The van der Waals surface area contributed by atoms with Gasteiger partial charge in [0.15, 0.2) is 0 Å². The van der Waals surface area contributed by atoms with Crippen LogP contribution in [0.25, 0.3) is 11.1 Å². The monoisotopic (exact) mass is 320 g/mol. The molecule has 3 rings (SSSR count). The first kappa shape index (κ1) is 15.3. The average Bonchev–Trinajstić information content (AvgIpc) is 2.59. The highest BCUT2D eigenvalue weighted by molar-refractivity contribution is 6.31. The Balaban J connectivity index is 1.67. The van der Waals surface area contributed by atoms with Gasteiger partial charge in [0.25, 0.3) is 0 Å². The zero-order valence-electron chi connectivity index (χ0n) is 12.8. The molecule has 0 saturated heterocycles. The third-order valence-electron chi connectivity index (χ3n) is 3.60. The Hall–Kier alpha value is -2.58. The maximum atomic E-state index is 6.09. The van der Waals surface area contributed by atoms with E-state index in [1.54, 1.807) is 6.21 Å². The normalized spacial score (nSPS) is 10.9. The van der Waals surface area contributed by atoms with Crippen LogP contribution in [0.2, 0.25) is 5.02 Å². The first-order valence-corrected chi connectivity index (χ1v) is 7.81. The summed E-state index contributed by atoms with van der Waals surface area (Å²) in [7, 11) is 0. The molecule has 0 spiro atoms. The van der Waals surface area contributed by atoms with Crippen LogP contribution in [0, 0.1) is 6.92 Å². The van der Waals surface area contributed by atoms with Crippen LogP contribution in [-0.4, -0.2) is 6.21 Å². The molecule has 0 bridgehead atoms. The lowest BCUT2D eigenvalue weighted by molar-refractivity contribution is 1.34. The quantitative estimate of drug-likeness (QED) is 0.479. The van der Waals surface area contributed by atoms with Gasteiger partial charge in [0.05, 0.1) is 11.9 Å². The van der Waals surface area contributed by atoms with Crippen LogP contribution >= 0.6 is 11.6 Å². The van der Waals surface area contributed by atoms with E-state index in [1.165, 1.54) is 11.1 Å². The summed E-state index contributed by atoms with van der Waals surface area (Å²) in [6.45, 7) is 1.98. The Labute approximate surface area is 141 Å². The highest BCUT2D eigenvalue weighted by Gasteiger charge is 1.97. The van der Waals surface area contributed by atoms with Crippen molar-refractivity contribution in [3.8, 4) is 11.1 Å². The van der Waals surface area contributed by atoms with Gasteiger partial charge in [0.2, 0.25) is 0 Å². The Morgan fingerprint density at radius 3 is 2.26 bits per heavy atom. The number of hydrogen-bond acceptors (Lipinski definition) is 2. The molecule has 0 atom stereocenters. The van der Waals surface area contributed by atoms with E-state index in [0.717, 1.165) is 21.8 Å². The highest BCUT2D eigenvalue weighted by Crippen LogP contribution is 2.20. The van der Waals surface area contributed by atoms with Gasteiger partial charge in [-0.1, -0.05) is 72.3 Å². The van der Waals surface area contributed by atoms with Crippen molar-refractivity contribution in [2.24, 2.45) is 5.10 Å². The van der Waals surface area contributed by atoms with E-state index in [4.69, 9.17) is 11.6 Å². The second-order valence-corrected chi connectivity index (χ2v) is 5.73. The van der Waals surface area contributed by atoms with Crippen LogP contribution in [0.1, 0.15) is 11.1 Å². The Kier molecular flexibility index (Phi) is 4.74. The maximum Gasteiger partial charge on any atom is 0.0576 e. The molecule has 3 heteroatoms. The van der Waals surface area contributed by atoms with Gasteiger partial charge in [-0.3, -0.25) is 5.43 Å². The van der Waals surface area contributed by atoms with Crippen molar-refractivity contribution in [3.05, 3.63) is 88.9 Å². The van der Waals surface area contributed by atoms with Crippen molar-refractivity contribution in [1.82, 2.24) is 0 Å². The number of anilines is 1. The number of aryl methyl sites for hydroxylation is 1. The van der Waals surface area contributed by atoms with Gasteiger partial charge in [0.1, 0.15) is 0 Å². The number of rotatable bonds is 4. The lowest BCUT2D eigenvalue weighted by Crippen LogP contribution is -1.91. The van der Waals surface area contributed by atoms with E-state index in [1.807, 2.05) is 43.3 Å². The minimum atomic E-state index is 0.734. The van der Waals surface area contributed by atoms with Crippen molar-refractivity contribution in [3.63, 3.8) is 0 Å². The number of hydrogen-bond donors (Lipinski definition) is 1.